The molecule has 112 valence electrons. The molecular weight excluding hydrogens is 282 g/mol. The van der Waals surface area contributed by atoms with Crippen molar-refractivity contribution < 1.29 is 18.3 Å². The lowest BCUT2D eigenvalue weighted by Gasteiger charge is -2.16. The van der Waals surface area contributed by atoms with Crippen LogP contribution in [0.3, 0.4) is 0 Å². The van der Waals surface area contributed by atoms with Crippen molar-refractivity contribution in [2.24, 2.45) is 0 Å². The summed E-state index contributed by atoms with van der Waals surface area (Å²) in [6.07, 6.45) is 1.87. The zero-order chi connectivity index (χ0) is 15.3. The lowest BCUT2D eigenvalue weighted by atomic mass is 10.1. The van der Waals surface area contributed by atoms with E-state index in [1.807, 2.05) is 6.92 Å². The van der Waals surface area contributed by atoms with Crippen LogP contribution >= 0.6 is 0 Å². The molecule has 1 unspecified atom stereocenters. The summed E-state index contributed by atoms with van der Waals surface area (Å²) in [4.78, 5) is 14.8. The molecule has 0 bridgehead atoms. The molecule has 0 aliphatic heterocycles. The molecule has 1 rings (SSSR count). The van der Waals surface area contributed by atoms with Crippen molar-refractivity contribution in [2.45, 2.75) is 30.7 Å². The van der Waals surface area contributed by atoms with Gasteiger partial charge in [0.1, 0.15) is 10.7 Å². The normalized spacial score (nSPS) is 13.2. The molecule has 1 aromatic heterocycles. The SMILES string of the molecule is CCC(CC(=O)O)Nc1ccc(S(=O)(=O)N(C)C)cn1. The highest BCUT2D eigenvalue weighted by atomic mass is 32.2. The van der Waals surface area contributed by atoms with Gasteiger partial charge in [-0.05, 0) is 18.6 Å². The number of pyridine rings is 1. The van der Waals surface area contributed by atoms with Crippen LogP contribution in [0.5, 0.6) is 0 Å². The number of carboxylic acids is 1. The first-order valence-corrected chi connectivity index (χ1v) is 7.58. The molecule has 1 atom stereocenters. The smallest absolute Gasteiger partial charge is 0.305 e. The molecule has 0 fully saturated rings. The van der Waals surface area contributed by atoms with Crippen molar-refractivity contribution in [1.29, 1.82) is 0 Å². The molecule has 20 heavy (non-hydrogen) atoms. The van der Waals surface area contributed by atoms with Crippen LogP contribution in [0.25, 0.3) is 0 Å². The highest BCUT2D eigenvalue weighted by Gasteiger charge is 2.18. The third-order valence-electron chi connectivity index (χ3n) is 2.78. The lowest BCUT2D eigenvalue weighted by Crippen LogP contribution is -2.24. The Bertz CT molecular complexity index is 555. The van der Waals surface area contributed by atoms with Crippen molar-refractivity contribution in [2.75, 3.05) is 19.4 Å². The van der Waals surface area contributed by atoms with Crippen LogP contribution in [0, 0.1) is 0 Å². The molecule has 0 amide bonds. The number of nitrogens with zero attached hydrogens (tertiary/aromatic N) is 2. The van der Waals surface area contributed by atoms with E-state index in [9.17, 15) is 13.2 Å². The Morgan fingerprint density at radius 3 is 2.50 bits per heavy atom. The number of nitrogens with one attached hydrogen (secondary N) is 1. The van der Waals surface area contributed by atoms with Gasteiger partial charge >= 0.3 is 5.97 Å². The summed E-state index contributed by atoms with van der Waals surface area (Å²) in [5.74, 6) is -0.438. The van der Waals surface area contributed by atoms with Crippen molar-refractivity contribution in [3.05, 3.63) is 18.3 Å². The molecule has 2 N–H and O–H groups in total. The minimum absolute atomic E-state index is 0.0179. The molecule has 0 aromatic carbocycles. The number of anilines is 1. The minimum Gasteiger partial charge on any atom is -0.481 e. The lowest BCUT2D eigenvalue weighted by molar-refractivity contribution is -0.137. The molecule has 0 saturated carbocycles. The Labute approximate surface area is 118 Å². The zero-order valence-corrected chi connectivity index (χ0v) is 12.5. The summed E-state index contributed by atoms with van der Waals surface area (Å²) in [5, 5.41) is 11.7. The topological polar surface area (TPSA) is 99.6 Å². The second-order valence-corrected chi connectivity index (χ2v) is 6.67. The second-order valence-electron chi connectivity index (χ2n) is 4.51. The summed E-state index contributed by atoms with van der Waals surface area (Å²) in [5.41, 5.74) is 0. The zero-order valence-electron chi connectivity index (χ0n) is 11.7. The van der Waals surface area contributed by atoms with Crippen LogP contribution in [0.2, 0.25) is 0 Å². The second kappa shape index (κ2) is 6.67. The van der Waals surface area contributed by atoms with E-state index >= 15 is 0 Å². The van der Waals surface area contributed by atoms with Crippen molar-refractivity contribution in [3.63, 3.8) is 0 Å². The highest BCUT2D eigenvalue weighted by Crippen LogP contribution is 2.15. The van der Waals surface area contributed by atoms with E-state index in [1.165, 1.54) is 32.4 Å². The fourth-order valence-corrected chi connectivity index (χ4v) is 2.39. The number of hydrogen-bond donors (Lipinski definition) is 2. The minimum atomic E-state index is -3.50. The van der Waals surface area contributed by atoms with E-state index in [4.69, 9.17) is 5.11 Å². The highest BCUT2D eigenvalue weighted by molar-refractivity contribution is 7.89. The first-order valence-electron chi connectivity index (χ1n) is 6.14. The van der Waals surface area contributed by atoms with Crippen LogP contribution in [0.4, 0.5) is 5.82 Å². The van der Waals surface area contributed by atoms with E-state index < -0.39 is 16.0 Å². The average molecular weight is 301 g/mol. The number of carbonyl (C=O) groups is 1. The van der Waals surface area contributed by atoms with Gasteiger partial charge in [0, 0.05) is 26.3 Å². The Balaban J connectivity index is 2.84. The quantitative estimate of drug-likeness (QED) is 0.779. The number of carboxylic acid groups (broad SMARTS) is 1. The first kappa shape index (κ1) is 16.4. The standard InChI is InChI=1S/C12H19N3O4S/c1-4-9(7-12(16)17)14-11-6-5-10(8-13-11)20(18,19)15(2)3/h5-6,8-9H,4,7H2,1-3H3,(H,13,14)(H,16,17). The van der Waals surface area contributed by atoms with Gasteiger partial charge in [-0.25, -0.2) is 17.7 Å². The van der Waals surface area contributed by atoms with Crippen molar-refractivity contribution in [3.8, 4) is 0 Å². The summed E-state index contributed by atoms with van der Waals surface area (Å²) in [6.45, 7) is 1.87. The van der Waals surface area contributed by atoms with E-state index in [-0.39, 0.29) is 17.4 Å². The van der Waals surface area contributed by atoms with Gasteiger partial charge in [-0.2, -0.15) is 0 Å². The molecule has 1 heterocycles. The van der Waals surface area contributed by atoms with Crippen molar-refractivity contribution >= 4 is 21.8 Å². The van der Waals surface area contributed by atoms with Crippen LogP contribution in [0.15, 0.2) is 23.2 Å². The molecular formula is C12H19N3O4S. The van der Waals surface area contributed by atoms with Gasteiger partial charge in [0.2, 0.25) is 10.0 Å². The monoisotopic (exact) mass is 301 g/mol. The van der Waals surface area contributed by atoms with Gasteiger partial charge in [0.25, 0.3) is 0 Å². The van der Waals surface area contributed by atoms with Gasteiger partial charge in [0.15, 0.2) is 0 Å². The van der Waals surface area contributed by atoms with Crippen LogP contribution in [-0.2, 0) is 14.8 Å². The van der Waals surface area contributed by atoms with Gasteiger partial charge < -0.3 is 10.4 Å². The molecule has 7 nitrogen and oxygen atoms in total. The summed E-state index contributed by atoms with van der Waals surface area (Å²) >= 11 is 0. The molecule has 0 aliphatic rings. The Kier molecular flexibility index (Phi) is 5.46. The maximum absolute atomic E-state index is 11.9. The third kappa shape index (κ3) is 4.17. The fourth-order valence-electron chi connectivity index (χ4n) is 1.55. The number of aromatic nitrogens is 1. The van der Waals surface area contributed by atoms with Crippen molar-refractivity contribution in [1.82, 2.24) is 9.29 Å². The van der Waals surface area contributed by atoms with E-state index in [2.05, 4.69) is 10.3 Å². The Morgan fingerprint density at radius 1 is 1.45 bits per heavy atom. The first-order chi connectivity index (χ1) is 9.27. The maximum atomic E-state index is 11.9. The molecule has 0 spiro atoms. The van der Waals surface area contributed by atoms with Crippen LogP contribution in [-0.4, -0.2) is 48.9 Å². The third-order valence-corrected chi connectivity index (χ3v) is 4.58. The molecule has 0 saturated heterocycles. The number of aliphatic carboxylic acids is 1. The van der Waals surface area contributed by atoms with Crippen LogP contribution < -0.4 is 5.32 Å². The van der Waals surface area contributed by atoms with Gasteiger partial charge in [-0.1, -0.05) is 6.92 Å². The largest absolute Gasteiger partial charge is 0.481 e. The van der Waals surface area contributed by atoms with Gasteiger partial charge in [-0.3, -0.25) is 4.79 Å². The van der Waals surface area contributed by atoms with E-state index in [0.29, 0.717) is 12.2 Å². The number of hydrogen-bond acceptors (Lipinski definition) is 5. The maximum Gasteiger partial charge on any atom is 0.305 e. The molecule has 0 radical (unpaired) electrons. The van der Waals surface area contributed by atoms with Gasteiger partial charge in [-0.15, -0.1) is 0 Å². The summed E-state index contributed by atoms with van der Waals surface area (Å²) in [7, 11) is -0.606. The van der Waals surface area contributed by atoms with Crippen LogP contribution in [0.1, 0.15) is 19.8 Å². The summed E-state index contributed by atoms with van der Waals surface area (Å²) in [6, 6.07) is 2.73. The number of sulfonamides is 1. The predicted octanol–water partition coefficient (Wildman–Crippen LogP) is 0.997. The summed E-state index contributed by atoms with van der Waals surface area (Å²) < 4.78 is 24.8. The fraction of sp³-hybridized carbons (Fsp3) is 0.500. The molecule has 0 aliphatic carbocycles. The Hall–Kier alpha value is -1.67. The predicted molar refractivity (Wildman–Crippen MR) is 75.1 cm³/mol. The molecule has 8 heteroatoms. The van der Waals surface area contributed by atoms with Gasteiger partial charge in [0.05, 0.1) is 6.42 Å². The van der Waals surface area contributed by atoms with E-state index in [1.54, 1.807) is 0 Å². The number of rotatable bonds is 7. The van der Waals surface area contributed by atoms with E-state index in [0.717, 1.165) is 4.31 Å². The Morgan fingerprint density at radius 2 is 2.10 bits per heavy atom. The molecule has 1 aromatic rings. The average Bonchev–Trinajstić information content (AvgIpc) is 2.37.